The Hall–Kier alpha value is -5.59. The molecule has 350 valence electrons. The van der Waals surface area contributed by atoms with E-state index in [9.17, 15) is 19.2 Å². The van der Waals surface area contributed by atoms with Crippen molar-refractivity contribution in [1.29, 1.82) is 0 Å². The number of anilines is 5. The number of aryl methyl sites for hydroxylation is 1. The third-order valence-corrected chi connectivity index (χ3v) is 15.8. The SMILES string of the molecule is CNc1cc(N2CCc3c(N4CCC(N(C)C5CC6(CCN(C(=O)c7cc(C)c(Cl)c(N8CCC(=O)NC8=O)c7)CC6)C5)C(F)(F)C4)cccc32)nn2c(C(=O)N[C@@H]3CC[C@H]3OC)cnc12. The number of alkyl halides is 2. The van der Waals surface area contributed by atoms with Crippen LogP contribution in [0, 0.1) is 12.3 Å². The molecule has 1 unspecified atom stereocenters. The molecule has 4 aromatic rings. The number of fused-ring (bicyclic) bond motifs is 2. The molecule has 3 saturated heterocycles. The van der Waals surface area contributed by atoms with E-state index < -0.39 is 18.0 Å². The van der Waals surface area contributed by atoms with Crippen molar-refractivity contribution < 1.29 is 32.7 Å². The van der Waals surface area contributed by atoms with Gasteiger partial charge in [-0.2, -0.15) is 0 Å². The van der Waals surface area contributed by atoms with E-state index in [1.54, 1.807) is 37.7 Å². The fraction of sp³-hybridized carbons (Fsp3) is 0.532. The summed E-state index contributed by atoms with van der Waals surface area (Å²) in [6, 6.07) is 9.64. The summed E-state index contributed by atoms with van der Waals surface area (Å²) in [5.41, 5.74) is 5.74. The lowest BCUT2D eigenvalue weighted by Gasteiger charge is -2.57. The second-order valence-electron chi connectivity index (χ2n) is 19.0. The number of hydrogen-bond donors (Lipinski definition) is 3. The van der Waals surface area contributed by atoms with Crippen molar-refractivity contribution in [1.82, 2.24) is 35.0 Å². The van der Waals surface area contributed by atoms with Crippen molar-refractivity contribution in [2.24, 2.45) is 5.41 Å². The van der Waals surface area contributed by atoms with Gasteiger partial charge in [0.1, 0.15) is 0 Å². The summed E-state index contributed by atoms with van der Waals surface area (Å²) in [4.78, 5) is 65.2. The maximum Gasteiger partial charge on any atom is 0.328 e. The predicted molar refractivity (Wildman–Crippen MR) is 247 cm³/mol. The van der Waals surface area contributed by atoms with Crippen LogP contribution in [0.15, 0.2) is 42.6 Å². The molecule has 6 heterocycles. The molecular weight excluding hydrogens is 872 g/mol. The number of carbonyl (C=O) groups excluding carboxylic acids is 4. The van der Waals surface area contributed by atoms with Gasteiger partial charge in [0.05, 0.1) is 47.3 Å². The summed E-state index contributed by atoms with van der Waals surface area (Å²) in [7, 11) is 5.30. The molecule has 6 aliphatic rings. The molecule has 2 saturated carbocycles. The van der Waals surface area contributed by atoms with Crippen molar-refractivity contribution in [2.45, 2.75) is 94.9 Å². The van der Waals surface area contributed by atoms with Gasteiger partial charge in [0.15, 0.2) is 17.2 Å². The number of ether oxygens (including phenoxy) is 1. The molecule has 4 aliphatic heterocycles. The molecule has 3 atom stereocenters. The number of imidazole rings is 1. The normalized spacial score (nSPS) is 23.8. The fourth-order valence-electron chi connectivity index (χ4n) is 11.3. The van der Waals surface area contributed by atoms with Crippen LogP contribution in [0.3, 0.4) is 0 Å². The van der Waals surface area contributed by atoms with Gasteiger partial charge in [-0.1, -0.05) is 17.7 Å². The van der Waals surface area contributed by atoms with Crippen molar-refractivity contribution in [3.63, 3.8) is 0 Å². The van der Waals surface area contributed by atoms with Crippen molar-refractivity contribution in [3.05, 3.63) is 70.0 Å². The number of aromatic nitrogens is 3. The summed E-state index contributed by atoms with van der Waals surface area (Å²) in [5.74, 6) is -3.12. The number of methoxy groups -OCH3 is 1. The average Bonchev–Trinajstić information content (AvgIpc) is 3.92. The topological polar surface area (TPSA) is 160 Å². The van der Waals surface area contributed by atoms with Crippen molar-refractivity contribution in [3.8, 4) is 0 Å². The Kier molecular flexibility index (Phi) is 11.4. The van der Waals surface area contributed by atoms with Gasteiger partial charge in [-0.15, -0.1) is 5.10 Å². The quantitative estimate of drug-likeness (QED) is 0.171. The van der Waals surface area contributed by atoms with E-state index in [1.807, 2.05) is 46.0 Å². The van der Waals surface area contributed by atoms with Crippen LogP contribution in [-0.2, 0) is 16.0 Å². The minimum Gasteiger partial charge on any atom is -0.385 e. The highest BCUT2D eigenvalue weighted by Crippen LogP contribution is 2.52. The summed E-state index contributed by atoms with van der Waals surface area (Å²) < 4.78 is 39.9. The van der Waals surface area contributed by atoms with Gasteiger partial charge >= 0.3 is 6.03 Å². The summed E-state index contributed by atoms with van der Waals surface area (Å²) in [6.45, 7) is 3.78. The number of carbonyl (C=O) groups is 4. The molecule has 3 N–H and O–H groups in total. The highest BCUT2D eigenvalue weighted by atomic mass is 35.5. The molecule has 2 aromatic heterocycles. The zero-order valence-corrected chi connectivity index (χ0v) is 38.5. The van der Waals surface area contributed by atoms with Crippen LogP contribution in [0.4, 0.5) is 42.1 Å². The first-order valence-corrected chi connectivity index (χ1v) is 23.4. The number of nitrogens with zero attached hydrogens (tertiary/aromatic N) is 8. The predicted octanol–water partition coefficient (Wildman–Crippen LogP) is 6.01. The zero-order chi connectivity index (χ0) is 46.2. The highest BCUT2D eigenvalue weighted by molar-refractivity contribution is 6.35. The molecule has 66 heavy (non-hydrogen) atoms. The summed E-state index contributed by atoms with van der Waals surface area (Å²) in [5, 5.41) is 13.8. The molecule has 10 rings (SSSR count). The van der Waals surface area contributed by atoms with Crippen LogP contribution >= 0.6 is 11.6 Å². The van der Waals surface area contributed by atoms with E-state index in [2.05, 4.69) is 25.8 Å². The van der Waals surface area contributed by atoms with Crippen molar-refractivity contribution in [2.75, 3.05) is 80.5 Å². The molecule has 0 radical (unpaired) electrons. The molecule has 16 nitrogen and oxygen atoms in total. The van der Waals surface area contributed by atoms with Crippen molar-refractivity contribution >= 4 is 69.6 Å². The Bertz CT molecular complexity index is 2610. The molecule has 1 spiro atoms. The van der Waals surface area contributed by atoms with Gasteiger partial charge in [0.25, 0.3) is 17.7 Å². The number of likely N-dealkylation sites (tertiary alicyclic amines) is 1. The lowest BCUT2D eigenvalue weighted by molar-refractivity contribution is -0.123. The third-order valence-electron chi connectivity index (χ3n) is 15.3. The van der Waals surface area contributed by atoms with Crippen LogP contribution in [-0.4, -0.2) is 139 Å². The largest absolute Gasteiger partial charge is 0.385 e. The maximum absolute atomic E-state index is 16.4. The molecule has 5 fully saturated rings. The molecule has 2 aliphatic carbocycles. The first-order valence-electron chi connectivity index (χ1n) is 23.0. The Morgan fingerprint density at radius 1 is 0.970 bits per heavy atom. The van der Waals surface area contributed by atoms with E-state index in [0.29, 0.717) is 83.7 Å². The number of imide groups is 1. The number of halogens is 3. The van der Waals surface area contributed by atoms with E-state index >= 15 is 8.78 Å². The molecule has 19 heteroatoms. The van der Waals surface area contributed by atoms with E-state index in [4.69, 9.17) is 21.4 Å². The van der Waals surface area contributed by atoms with Gasteiger partial charge in [-0.3, -0.25) is 29.5 Å². The second-order valence-corrected chi connectivity index (χ2v) is 19.4. The second kappa shape index (κ2) is 16.9. The number of amides is 5. The number of piperidine rings is 2. The van der Waals surface area contributed by atoms with Crippen LogP contribution in [0.25, 0.3) is 5.65 Å². The van der Waals surface area contributed by atoms with Gasteiger partial charge in [0, 0.05) is 87.9 Å². The Labute approximate surface area is 386 Å². The molecule has 5 amide bonds. The average molecular weight is 928 g/mol. The summed E-state index contributed by atoms with van der Waals surface area (Å²) >= 11 is 6.59. The highest BCUT2D eigenvalue weighted by Gasteiger charge is 2.54. The monoisotopic (exact) mass is 927 g/mol. The summed E-state index contributed by atoms with van der Waals surface area (Å²) in [6.07, 6.45) is 7.56. The molecular formula is C47H56ClF2N11O5. The Balaban J connectivity index is 0.771. The fourth-order valence-corrected chi connectivity index (χ4v) is 11.5. The third kappa shape index (κ3) is 7.67. The van der Waals surface area contributed by atoms with Crippen LogP contribution in [0.2, 0.25) is 5.02 Å². The molecule has 0 bridgehead atoms. The number of nitrogens with one attached hydrogen (secondary N) is 3. The smallest absolute Gasteiger partial charge is 0.328 e. The standard InChI is InChI=1S/C47H56ClF2N11O5/c1-27-20-28(21-35(41(27)48)60-17-12-40(62)54-45(60)65)44(64)57-18-13-46(14-19-57)23-29(24-46)56(3)38-11-15-58(26-47(38,49)50)33-6-5-7-34-30(33)10-16-59(34)39-22-32(51-2)42-52-25-36(61(42)55-39)43(63)53-31-8-9-37(31)66-4/h5-7,20-22,25,29,31,37-38,51H,8-19,23-24,26H2,1-4H3,(H,53,63)(H,54,62,65)/t31-,37-,38?/m1/s1. The first-order chi connectivity index (χ1) is 31.7. The lowest BCUT2D eigenvalue weighted by atomic mass is 9.59. The van der Waals surface area contributed by atoms with E-state index in [-0.39, 0.29) is 60.8 Å². The van der Waals surface area contributed by atoms with Gasteiger partial charge in [-0.05, 0) is 101 Å². The number of urea groups is 1. The number of hydrogen-bond acceptors (Lipinski definition) is 11. The first kappa shape index (κ1) is 44.3. The Morgan fingerprint density at radius 2 is 1.73 bits per heavy atom. The minimum atomic E-state index is -2.96. The zero-order valence-electron chi connectivity index (χ0n) is 37.7. The van der Waals surface area contributed by atoms with Crippen LogP contribution in [0.1, 0.15) is 83.3 Å². The van der Waals surface area contributed by atoms with E-state index in [1.165, 1.54) is 11.1 Å². The van der Waals surface area contributed by atoms with E-state index in [0.717, 1.165) is 55.5 Å². The van der Waals surface area contributed by atoms with Crippen LogP contribution < -0.4 is 30.7 Å². The Morgan fingerprint density at radius 3 is 2.42 bits per heavy atom. The number of rotatable bonds is 10. The molecule has 2 aromatic carbocycles. The van der Waals surface area contributed by atoms with Gasteiger partial charge < -0.3 is 30.1 Å². The lowest BCUT2D eigenvalue weighted by Crippen LogP contribution is -2.63. The van der Waals surface area contributed by atoms with Gasteiger partial charge in [-0.25, -0.2) is 23.1 Å². The number of benzene rings is 2. The minimum absolute atomic E-state index is 0.00456. The van der Waals surface area contributed by atoms with Crippen LogP contribution in [0.5, 0.6) is 0 Å². The maximum atomic E-state index is 16.4. The van der Waals surface area contributed by atoms with Gasteiger partial charge in [0.2, 0.25) is 5.91 Å².